The van der Waals surface area contributed by atoms with Gasteiger partial charge in [-0.1, -0.05) is 19.1 Å². The molecule has 0 fully saturated rings. The van der Waals surface area contributed by atoms with E-state index in [9.17, 15) is 9.59 Å². The van der Waals surface area contributed by atoms with E-state index in [1.807, 2.05) is 31.2 Å². The number of nitrogens with one attached hydrogen (secondary N) is 1. The van der Waals surface area contributed by atoms with Gasteiger partial charge >= 0.3 is 5.97 Å². The van der Waals surface area contributed by atoms with Crippen molar-refractivity contribution in [1.29, 1.82) is 0 Å². The van der Waals surface area contributed by atoms with E-state index >= 15 is 0 Å². The number of carboxylic acid groups (broad SMARTS) is 1. The molecule has 0 aliphatic carbocycles. The van der Waals surface area contributed by atoms with Crippen LogP contribution in [0, 0.1) is 0 Å². The highest BCUT2D eigenvalue weighted by Crippen LogP contribution is 2.22. The first-order valence-electron chi connectivity index (χ1n) is 7.15. The molecule has 0 aliphatic rings. The zero-order valence-corrected chi connectivity index (χ0v) is 12.6. The lowest BCUT2D eigenvalue weighted by Crippen LogP contribution is -2.25. The average molecular weight is 293 g/mol. The molecule has 116 valence electrons. The van der Waals surface area contributed by atoms with Crippen LogP contribution in [0.4, 0.5) is 0 Å². The topological polar surface area (TPSA) is 75.6 Å². The van der Waals surface area contributed by atoms with Crippen LogP contribution in [0.15, 0.2) is 24.3 Å². The van der Waals surface area contributed by atoms with Crippen molar-refractivity contribution in [3.63, 3.8) is 0 Å². The summed E-state index contributed by atoms with van der Waals surface area (Å²) in [5, 5.41) is 11.3. The molecular weight excluding hydrogens is 270 g/mol. The minimum atomic E-state index is -0.798. The Kier molecular flexibility index (Phi) is 7.29. The maximum Gasteiger partial charge on any atom is 0.303 e. The number of methoxy groups -OCH3 is 1. The third-order valence-electron chi connectivity index (χ3n) is 3.29. The van der Waals surface area contributed by atoms with Crippen LogP contribution < -0.4 is 10.1 Å². The molecule has 0 saturated heterocycles. The number of rotatable bonds is 9. The Balaban J connectivity index is 2.31. The summed E-state index contributed by atoms with van der Waals surface area (Å²) in [6.45, 7) is 2.52. The Morgan fingerprint density at radius 3 is 2.76 bits per heavy atom. The Morgan fingerprint density at radius 1 is 1.33 bits per heavy atom. The molecule has 1 unspecified atom stereocenters. The van der Waals surface area contributed by atoms with Gasteiger partial charge in [-0.3, -0.25) is 9.59 Å². The zero-order chi connectivity index (χ0) is 15.7. The molecule has 0 aromatic heterocycles. The largest absolute Gasteiger partial charge is 0.497 e. The molecule has 5 heteroatoms. The molecule has 21 heavy (non-hydrogen) atoms. The van der Waals surface area contributed by atoms with E-state index < -0.39 is 5.97 Å². The fourth-order valence-electron chi connectivity index (χ4n) is 2.05. The minimum absolute atomic E-state index is 0.0133. The van der Waals surface area contributed by atoms with Crippen LogP contribution in [0.1, 0.15) is 44.1 Å². The van der Waals surface area contributed by atoms with Gasteiger partial charge in [-0.05, 0) is 36.5 Å². The van der Waals surface area contributed by atoms with Crippen molar-refractivity contribution in [2.75, 3.05) is 13.7 Å². The van der Waals surface area contributed by atoms with Gasteiger partial charge in [-0.25, -0.2) is 0 Å². The third-order valence-corrected chi connectivity index (χ3v) is 3.29. The van der Waals surface area contributed by atoms with Gasteiger partial charge in [0.2, 0.25) is 5.91 Å². The molecule has 0 aliphatic heterocycles. The lowest BCUT2D eigenvalue weighted by Gasteiger charge is -2.13. The fraction of sp³-hybridized carbons (Fsp3) is 0.500. The highest BCUT2D eigenvalue weighted by Gasteiger charge is 2.11. The molecule has 2 N–H and O–H groups in total. The molecule has 1 amide bonds. The summed E-state index contributed by atoms with van der Waals surface area (Å²) in [6.07, 6.45) is 1.83. The third kappa shape index (κ3) is 6.79. The maximum absolute atomic E-state index is 11.8. The Morgan fingerprint density at radius 2 is 2.10 bits per heavy atom. The van der Waals surface area contributed by atoms with Gasteiger partial charge in [0.25, 0.3) is 0 Å². The molecule has 1 aromatic carbocycles. The van der Waals surface area contributed by atoms with Crippen LogP contribution in [0.3, 0.4) is 0 Å². The predicted molar refractivity (Wildman–Crippen MR) is 80.5 cm³/mol. The summed E-state index contributed by atoms with van der Waals surface area (Å²) >= 11 is 0. The minimum Gasteiger partial charge on any atom is -0.497 e. The summed E-state index contributed by atoms with van der Waals surface area (Å²) < 4.78 is 5.17. The molecule has 0 spiro atoms. The van der Waals surface area contributed by atoms with E-state index in [4.69, 9.17) is 9.84 Å². The summed E-state index contributed by atoms with van der Waals surface area (Å²) in [5.74, 6) is 0.0844. The quantitative estimate of drug-likeness (QED) is 0.686. The summed E-state index contributed by atoms with van der Waals surface area (Å²) in [5.41, 5.74) is 1.07. The second kappa shape index (κ2) is 9.00. The summed E-state index contributed by atoms with van der Waals surface area (Å²) in [7, 11) is 1.62. The van der Waals surface area contributed by atoms with Gasteiger partial charge in [-0.15, -0.1) is 0 Å². The van der Waals surface area contributed by atoms with Gasteiger partial charge < -0.3 is 15.2 Å². The first-order valence-corrected chi connectivity index (χ1v) is 7.15. The summed E-state index contributed by atoms with van der Waals surface area (Å²) in [6, 6.07) is 7.70. The number of unbranched alkanes of at least 4 members (excludes halogenated alkanes) is 1. The molecule has 1 rings (SSSR count). The molecule has 5 nitrogen and oxygen atoms in total. The number of carboxylic acids is 1. The maximum atomic E-state index is 11.8. The van der Waals surface area contributed by atoms with Crippen molar-refractivity contribution in [2.45, 2.75) is 38.5 Å². The van der Waals surface area contributed by atoms with Crippen molar-refractivity contribution in [3.05, 3.63) is 29.8 Å². The van der Waals surface area contributed by atoms with Crippen LogP contribution in [0.5, 0.6) is 5.75 Å². The van der Waals surface area contributed by atoms with Crippen LogP contribution in [0.2, 0.25) is 0 Å². The number of amides is 1. The lowest BCUT2D eigenvalue weighted by atomic mass is 9.97. The monoisotopic (exact) mass is 293 g/mol. The number of benzene rings is 1. The average Bonchev–Trinajstić information content (AvgIpc) is 2.46. The Bertz CT molecular complexity index is 473. The van der Waals surface area contributed by atoms with Crippen LogP contribution in [-0.2, 0) is 9.59 Å². The zero-order valence-electron chi connectivity index (χ0n) is 12.6. The van der Waals surface area contributed by atoms with E-state index in [1.165, 1.54) is 0 Å². The van der Waals surface area contributed by atoms with Crippen LogP contribution >= 0.6 is 0 Å². The fourth-order valence-corrected chi connectivity index (χ4v) is 2.05. The molecular formula is C16H23NO4. The Hall–Kier alpha value is -2.04. The lowest BCUT2D eigenvalue weighted by molar-refractivity contribution is -0.137. The first-order chi connectivity index (χ1) is 10.0. The van der Waals surface area contributed by atoms with Gasteiger partial charge in [0.1, 0.15) is 5.75 Å². The molecule has 0 heterocycles. The van der Waals surface area contributed by atoms with E-state index in [-0.39, 0.29) is 18.2 Å². The van der Waals surface area contributed by atoms with E-state index in [1.54, 1.807) is 7.11 Å². The number of hydrogen-bond acceptors (Lipinski definition) is 3. The van der Waals surface area contributed by atoms with Crippen molar-refractivity contribution >= 4 is 11.9 Å². The van der Waals surface area contributed by atoms with Crippen molar-refractivity contribution in [1.82, 2.24) is 5.32 Å². The standard InChI is InChI=1S/C16H23NO4/c1-12(13-6-5-7-14(11-13)21-2)10-15(18)17-9-4-3-8-16(19)20/h5-7,11-12H,3-4,8-10H2,1-2H3,(H,17,18)(H,19,20). The van der Waals surface area contributed by atoms with Gasteiger partial charge in [0.05, 0.1) is 7.11 Å². The van der Waals surface area contributed by atoms with Crippen molar-refractivity contribution in [3.8, 4) is 5.75 Å². The number of aliphatic carboxylic acids is 1. The summed E-state index contributed by atoms with van der Waals surface area (Å²) in [4.78, 5) is 22.2. The number of hydrogen-bond donors (Lipinski definition) is 2. The highest BCUT2D eigenvalue weighted by molar-refractivity contribution is 5.76. The van der Waals surface area contributed by atoms with Gasteiger partial charge in [-0.2, -0.15) is 0 Å². The predicted octanol–water partition coefficient (Wildman–Crippen LogP) is 2.56. The normalized spacial score (nSPS) is 11.7. The second-order valence-corrected chi connectivity index (χ2v) is 5.08. The molecule has 0 bridgehead atoms. The van der Waals surface area contributed by atoms with Crippen molar-refractivity contribution < 1.29 is 19.4 Å². The SMILES string of the molecule is COc1cccc(C(C)CC(=O)NCCCCC(=O)O)c1. The molecule has 1 atom stereocenters. The van der Waals surface area contributed by atoms with E-state index in [0.717, 1.165) is 11.3 Å². The number of carbonyl (C=O) groups excluding carboxylic acids is 1. The van der Waals surface area contributed by atoms with Crippen molar-refractivity contribution in [2.24, 2.45) is 0 Å². The van der Waals surface area contributed by atoms with E-state index in [2.05, 4.69) is 5.32 Å². The van der Waals surface area contributed by atoms with Gasteiger partial charge in [0.15, 0.2) is 0 Å². The van der Waals surface area contributed by atoms with Crippen LogP contribution in [0.25, 0.3) is 0 Å². The smallest absolute Gasteiger partial charge is 0.303 e. The number of carbonyl (C=O) groups is 2. The highest BCUT2D eigenvalue weighted by atomic mass is 16.5. The molecule has 0 saturated carbocycles. The molecule has 1 aromatic rings. The first kappa shape index (κ1) is 17.0. The Labute approximate surface area is 125 Å². The molecule has 0 radical (unpaired) electrons. The van der Waals surface area contributed by atoms with Crippen LogP contribution in [-0.4, -0.2) is 30.6 Å². The van der Waals surface area contributed by atoms with Gasteiger partial charge in [0, 0.05) is 19.4 Å². The second-order valence-electron chi connectivity index (χ2n) is 5.08. The number of ether oxygens (including phenoxy) is 1. The van der Waals surface area contributed by atoms with E-state index in [0.29, 0.717) is 25.8 Å².